The van der Waals surface area contributed by atoms with Gasteiger partial charge in [-0.25, -0.2) is 4.98 Å². The van der Waals surface area contributed by atoms with Crippen LogP contribution in [0.3, 0.4) is 0 Å². The lowest BCUT2D eigenvalue weighted by molar-refractivity contribution is 0.0975. The number of hydrogen-bond acceptors (Lipinski definition) is 6. The van der Waals surface area contributed by atoms with E-state index in [-0.39, 0.29) is 11.0 Å². The van der Waals surface area contributed by atoms with Crippen molar-refractivity contribution in [2.24, 2.45) is 0 Å². The molecule has 0 saturated carbocycles. The molecule has 5 aromatic rings. The predicted octanol–water partition coefficient (Wildman–Crippen LogP) is 5.94. The number of hydrogen-bond donors (Lipinski definition) is 2. The minimum absolute atomic E-state index is 0.162. The Hall–Kier alpha value is -3.82. The molecule has 3 aromatic carbocycles. The van der Waals surface area contributed by atoms with Gasteiger partial charge in [0.1, 0.15) is 5.75 Å². The number of aromatic nitrogens is 2. The molecule has 0 radical (unpaired) electrons. The van der Waals surface area contributed by atoms with Crippen molar-refractivity contribution in [3.8, 4) is 17.2 Å². The number of nitrogens with zero attached hydrogens (tertiary/aromatic N) is 2. The molecule has 0 aliphatic rings. The van der Waals surface area contributed by atoms with Gasteiger partial charge in [0.25, 0.3) is 5.91 Å². The normalized spacial score (nSPS) is 10.9. The number of nitrogens with one attached hydrogen (secondary N) is 2. The van der Waals surface area contributed by atoms with E-state index < -0.39 is 0 Å². The van der Waals surface area contributed by atoms with Crippen molar-refractivity contribution in [3.63, 3.8) is 0 Å². The number of amides is 1. The monoisotopic (exact) mass is 532 g/mol. The van der Waals surface area contributed by atoms with Crippen molar-refractivity contribution in [1.82, 2.24) is 15.3 Å². The van der Waals surface area contributed by atoms with Crippen LogP contribution in [0, 0.1) is 0 Å². The van der Waals surface area contributed by atoms with Crippen LogP contribution in [0.5, 0.6) is 5.75 Å². The lowest BCUT2D eigenvalue weighted by Crippen LogP contribution is -2.34. The van der Waals surface area contributed by atoms with Crippen molar-refractivity contribution < 1.29 is 13.9 Å². The summed E-state index contributed by atoms with van der Waals surface area (Å²) in [4.78, 5) is 21.6. The second kappa shape index (κ2) is 9.20. The van der Waals surface area contributed by atoms with Gasteiger partial charge in [0, 0.05) is 17.4 Å². The lowest BCUT2D eigenvalue weighted by Gasteiger charge is -2.14. The first-order chi connectivity index (χ1) is 16.5. The molecule has 0 aliphatic heterocycles. The maximum atomic E-state index is 13.0. The summed E-state index contributed by atoms with van der Waals surface area (Å²) < 4.78 is 11.9. The number of ether oxygens (including phenoxy) is 1. The molecule has 7 nitrogen and oxygen atoms in total. The number of benzene rings is 3. The molecule has 0 bridgehead atoms. The van der Waals surface area contributed by atoms with Gasteiger partial charge in [-0.3, -0.25) is 10.1 Å². The zero-order valence-corrected chi connectivity index (χ0v) is 20.2. The van der Waals surface area contributed by atoms with Crippen LogP contribution in [0.25, 0.3) is 33.5 Å². The van der Waals surface area contributed by atoms with Crippen molar-refractivity contribution in [1.29, 1.82) is 0 Å². The van der Waals surface area contributed by atoms with Crippen LogP contribution in [-0.4, -0.2) is 28.1 Å². The first-order valence-corrected chi connectivity index (χ1v) is 11.4. The summed E-state index contributed by atoms with van der Waals surface area (Å²) in [6.07, 6.45) is 1.67. The Morgan fingerprint density at radius 3 is 2.65 bits per heavy atom. The minimum Gasteiger partial charge on any atom is -0.495 e. The van der Waals surface area contributed by atoms with Crippen LogP contribution in [0.15, 0.2) is 81.8 Å². The predicted molar refractivity (Wildman–Crippen MR) is 139 cm³/mol. The molecule has 5 rings (SSSR count). The quantitative estimate of drug-likeness (QED) is 0.277. The average Bonchev–Trinajstić information content (AvgIpc) is 3.29. The number of anilines is 1. The zero-order chi connectivity index (χ0) is 23.7. The van der Waals surface area contributed by atoms with Crippen molar-refractivity contribution >= 4 is 66.9 Å². The van der Waals surface area contributed by atoms with E-state index in [1.807, 2.05) is 54.6 Å². The molecule has 0 spiro atoms. The Bertz CT molecular complexity index is 1520. The highest BCUT2D eigenvalue weighted by Gasteiger charge is 2.19. The Morgan fingerprint density at radius 1 is 1.09 bits per heavy atom. The van der Waals surface area contributed by atoms with Gasteiger partial charge in [-0.1, -0.05) is 24.3 Å². The molecule has 1 amide bonds. The van der Waals surface area contributed by atoms with Crippen molar-refractivity contribution in [2.45, 2.75) is 0 Å². The van der Waals surface area contributed by atoms with Gasteiger partial charge in [0.05, 0.1) is 17.1 Å². The number of methoxy groups -OCH3 is 1. The van der Waals surface area contributed by atoms with Gasteiger partial charge in [-0.05, 0) is 81.4 Å². The fourth-order valence-electron chi connectivity index (χ4n) is 3.57. The van der Waals surface area contributed by atoms with E-state index in [1.54, 1.807) is 18.3 Å². The fraction of sp³-hybridized carbons (Fsp3) is 0.0400. The molecule has 168 valence electrons. The topological polar surface area (TPSA) is 89.3 Å². The third-order valence-corrected chi connectivity index (χ3v) is 6.16. The Kier molecular flexibility index (Phi) is 5.95. The SMILES string of the molecule is COc1c(C(=O)NC(=S)Nc2ccc(-c3nc4ncccc4o3)cc2)cc2ccccc2c1Br. The van der Waals surface area contributed by atoms with E-state index in [0.29, 0.717) is 38.6 Å². The molecule has 0 saturated heterocycles. The van der Waals surface area contributed by atoms with E-state index >= 15 is 0 Å². The van der Waals surface area contributed by atoms with E-state index in [0.717, 1.165) is 16.3 Å². The molecule has 34 heavy (non-hydrogen) atoms. The summed E-state index contributed by atoms with van der Waals surface area (Å²) in [5, 5.41) is 7.76. The highest BCUT2D eigenvalue weighted by atomic mass is 79.9. The molecular formula is C25H17BrN4O3S. The lowest BCUT2D eigenvalue weighted by atomic mass is 10.1. The number of oxazole rings is 1. The molecule has 0 aliphatic carbocycles. The highest BCUT2D eigenvalue weighted by Crippen LogP contribution is 2.36. The summed E-state index contributed by atoms with van der Waals surface area (Å²) in [5.74, 6) is 0.540. The van der Waals surface area contributed by atoms with Crippen LogP contribution in [0.2, 0.25) is 0 Å². The Balaban J connectivity index is 1.31. The molecule has 0 unspecified atom stereocenters. The zero-order valence-electron chi connectivity index (χ0n) is 17.8. The molecule has 0 atom stereocenters. The molecule has 2 N–H and O–H groups in total. The summed E-state index contributed by atoms with van der Waals surface area (Å²) >= 11 is 8.90. The maximum Gasteiger partial charge on any atom is 0.261 e. The van der Waals surface area contributed by atoms with Gasteiger partial charge < -0.3 is 14.5 Å². The second-order valence-electron chi connectivity index (χ2n) is 7.32. The third-order valence-electron chi connectivity index (χ3n) is 5.17. The molecule has 9 heteroatoms. The van der Waals surface area contributed by atoms with Gasteiger partial charge >= 0.3 is 0 Å². The summed E-state index contributed by atoms with van der Waals surface area (Å²) in [6.45, 7) is 0. The van der Waals surface area contributed by atoms with Crippen LogP contribution in [0.4, 0.5) is 5.69 Å². The van der Waals surface area contributed by atoms with Crippen LogP contribution < -0.4 is 15.4 Å². The van der Waals surface area contributed by atoms with E-state index in [1.165, 1.54) is 7.11 Å². The fourth-order valence-corrected chi connectivity index (χ4v) is 4.52. The standard InChI is InChI=1S/C25H17BrN4O3S/c1-32-21-18(13-15-5-2-3-6-17(15)20(21)26)23(31)30-25(34)28-16-10-8-14(9-11-16)24-29-22-19(33-24)7-4-12-27-22/h2-13H,1H3,(H2,28,30,31,34). The van der Waals surface area contributed by atoms with E-state index in [2.05, 4.69) is 36.5 Å². The molecular weight excluding hydrogens is 516 g/mol. The number of thiocarbonyl (C=S) groups is 1. The van der Waals surface area contributed by atoms with Crippen molar-refractivity contribution in [3.05, 3.63) is 83.0 Å². The summed E-state index contributed by atoms with van der Waals surface area (Å²) in [7, 11) is 1.52. The second-order valence-corrected chi connectivity index (χ2v) is 8.52. The highest BCUT2D eigenvalue weighted by molar-refractivity contribution is 9.10. The Labute approximate surface area is 208 Å². The van der Waals surface area contributed by atoms with Crippen LogP contribution in [0.1, 0.15) is 10.4 Å². The summed E-state index contributed by atoms with van der Waals surface area (Å²) in [6, 6.07) is 20.5. The molecule has 2 aromatic heterocycles. The number of halogens is 1. The van der Waals surface area contributed by atoms with Crippen molar-refractivity contribution in [2.75, 3.05) is 12.4 Å². The molecule has 2 heterocycles. The van der Waals surface area contributed by atoms with E-state index in [9.17, 15) is 4.79 Å². The minimum atomic E-state index is -0.378. The third kappa shape index (κ3) is 4.23. The van der Waals surface area contributed by atoms with Gasteiger partial charge in [0.2, 0.25) is 5.89 Å². The van der Waals surface area contributed by atoms with E-state index in [4.69, 9.17) is 21.4 Å². The smallest absolute Gasteiger partial charge is 0.261 e. The number of pyridine rings is 1. The number of carbonyl (C=O) groups is 1. The van der Waals surface area contributed by atoms with Gasteiger partial charge in [-0.15, -0.1) is 0 Å². The van der Waals surface area contributed by atoms with Crippen LogP contribution in [-0.2, 0) is 0 Å². The molecule has 0 fully saturated rings. The number of carbonyl (C=O) groups excluding carboxylic acids is 1. The summed E-state index contributed by atoms with van der Waals surface area (Å²) in [5.41, 5.74) is 3.05. The van der Waals surface area contributed by atoms with Gasteiger partial charge in [0.15, 0.2) is 16.3 Å². The largest absolute Gasteiger partial charge is 0.495 e. The van der Waals surface area contributed by atoms with Gasteiger partial charge in [-0.2, -0.15) is 4.98 Å². The average molecular weight is 533 g/mol. The number of fused-ring (bicyclic) bond motifs is 2. The first kappa shape index (κ1) is 22.0. The maximum absolute atomic E-state index is 13.0. The van der Waals surface area contributed by atoms with Crippen LogP contribution >= 0.6 is 28.1 Å². The number of rotatable bonds is 4. The Morgan fingerprint density at radius 2 is 1.88 bits per heavy atom. The first-order valence-electron chi connectivity index (χ1n) is 10.2.